The summed E-state index contributed by atoms with van der Waals surface area (Å²) in [6, 6.07) is 15.1. The summed E-state index contributed by atoms with van der Waals surface area (Å²) >= 11 is 0. The van der Waals surface area contributed by atoms with Gasteiger partial charge in [-0.1, -0.05) is 54.1 Å². The molecule has 0 aliphatic rings. The first-order valence-electron chi connectivity index (χ1n) is 8.52. The molecule has 0 aromatic heterocycles. The maximum Gasteiger partial charge on any atom is 0.235 e. The Hall–Kier alpha value is -2.18. The molecule has 2 aromatic carbocycles. The summed E-state index contributed by atoms with van der Waals surface area (Å²) in [6.07, 6.45) is 1.12. The van der Waals surface area contributed by atoms with Gasteiger partial charge in [-0.25, -0.2) is 8.42 Å². The first-order valence-corrected chi connectivity index (χ1v) is 10.4. The molecule has 6 heteroatoms. The molecular formula is C20H26N2O3S. The monoisotopic (exact) mass is 374 g/mol. The fourth-order valence-corrected chi connectivity index (χ4v) is 3.65. The molecule has 5 nitrogen and oxygen atoms in total. The van der Waals surface area contributed by atoms with E-state index in [4.69, 9.17) is 0 Å². The largest absolute Gasteiger partial charge is 0.348 e. The number of carbonyl (C=O) groups excluding carboxylic acids is 1. The minimum Gasteiger partial charge on any atom is -0.348 e. The van der Waals surface area contributed by atoms with E-state index in [1.54, 1.807) is 0 Å². The van der Waals surface area contributed by atoms with Crippen molar-refractivity contribution in [3.8, 4) is 0 Å². The molecular weight excluding hydrogens is 348 g/mol. The standard InChI is InChI=1S/C20H26N2O3S/c1-15-10-11-19(16(2)12-15)17(3)21-20(23)14-22(26(4,24)25)13-18-8-6-5-7-9-18/h5-12,17H,13-14H2,1-4H3,(H,21,23). The highest BCUT2D eigenvalue weighted by atomic mass is 32.2. The zero-order valence-corrected chi connectivity index (χ0v) is 16.5. The van der Waals surface area contributed by atoms with Gasteiger partial charge in [-0.05, 0) is 37.5 Å². The van der Waals surface area contributed by atoms with Crippen LogP contribution in [0, 0.1) is 13.8 Å². The quantitative estimate of drug-likeness (QED) is 0.810. The highest BCUT2D eigenvalue weighted by molar-refractivity contribution is 7.88. The second-order valence-corrected chi connectivity index (χ2v) is 8.65. The van der Waals surface area contributed by atoms with E-state index in [1.807, 2.05) is 63.2 Å². The summed E-state index contributed by atoms with van der Waals surface area (Å²) in [5.41, 5.74) is 4.13. The molecule has 2 aromatic rings. The molecule has 1 atom stereocenters. The predicted octanol–water partition coefficient (Wildman–Crippen LogP) is 2.94. The average Bonchev–Trinajstić information content (AvgIpc) is 2.54. The lowest BCUT2D eigenvalue weighted by Gasteiger charge is -2.22. The molecule has 0 bridgehead atoms. The molecule has 2 rings (SSSR count). The van der Waals surface area contributed by atoms with Crippen LogP contribution in [-0.4, -0.2) is 31.4 Å². The number of hydrogen-bond donors (Lipinski definition) is 1. The van der Waals surface area contributed by atoms with Crippen molar-refractivity contribution in [1.29, 1.82) is 0 Å². The molecule has 0 aliphatic heterocycles. The van der Waals surface area contributed by atoms with Crippen LogP contribution in [0.25, 0.3) is 0 Å². The van der Waals surface area contributed by atoms with Crippen LogP contribution in [0.4, 0.5) is 0 Å². The smallest absolute Gasteiger partial charge is 0.235 e. The fourth-order valence-electron chi connectivity index (χ4n) is 2.91. The van der Waals surface area contributed by atoms with Crippen LogP contribution in [0.15, 0.2) is 48.5 Å². The van der Waals surface area contributed by atoms with Gasteiger partial charge in [-0.2, -0.15) is 4.31 Å². The van der Waals surface area contributed by atoms with E-state index < -0.39 is 10.0 Å². The molecule has 26 heavy (non-hydrogen) atoms. The van der Waals surface area contributed by atoms with Crippen molar-refractivity contribution in [1.82, 2.24) is 9.62 Å². The Kier molecular flexibility index (Phi) is 6.56. The third-order valence-electron chi connectivity index (χ3n) is 4.26. The first-order chi connectivity index (χ1) is 12.2. The van der Waals surface area contributed by atoms with E-state index in [0.717, 1.165) is 28.5 Å². The Morgan fingerprint density at radius 3 is 2.35 bits per heavy atom. The molecule has 1 amide bonds. The lowest BCUT2D eigenvalue weighted by atomic mass is 10.0. The van der Waals surface area contributed by atoms with Crippen LogP contribution in [0.1, 0.15) is 35.2 Å². The van der Waals surface area contributed by atoms with E-state index in [0.29, 0.717) is 0 Å². The SMILES string of the molecule is Cc1ccc(C(C)NC(=O)CN(Cc2ccccc2)S(C)(=O)=O)c(C)c1. The second-order valence-electron chi connectivity index (χ2n) is 6.67. The molecule has 0 heterocycles. The van der Waals surface area contributed by atoms with Gasteiger partial charge in [0.25, 0.3) is 0 Å². The molecule has 1 unspecified atom stereocenters. The molecule has 0 saturated heterocycles. The van der Waals surface area contributed by atoms with Gasteiger partial charge in [0.05, 0.1) is 18.8 Å². The van der Waals surface area contributed by atoms with Gasteiger partial charge < -0.3 is 5.32 Å². The summed E-state index contributed by atoms with van der Waals surface area (Å²) in [5.74, 6) is -0.321. The number of sulfonamides is 1. The Bertz CT molecular complexity index is 864. The molecule has 0 radical (unpaired) electrons. The molecule has 0 aliphatic carbocycles. The molecule has 140 valence electrons. The summed E-state index contributed by atoms with van der Waals surface area (Å²) in [7, 11) is -3.50. The Morgan fingerprint density at radius 1 is 1.12 bits per heavy atom. The first kappa shape index (κ1) is 20.1. The summed E-state index contributed by atoms with van der Waals surface area (Å²) in [4.78, 5) is 12.4. The molecule has 0 spiro atoms. The summed E-state index contributed by atoms with van der Waals surface area (Å²) < 4.78 is 25.3. The van der Waals surface area contributed by atoms with Crippen molar-refractivity contribution >= 4 is 15.9 Å². The van der Waals surface area contributed by atoms with Crippen LogP contribution >= 0.6 is 0 Å². The Labute approximate surface area is 156 Å². The lowest BCUT2D eigenvalue weighted by molar-refractivity contribution is -0.122. The van der Waals surface area contributed by atoms with Crippen LogP contribution in [0.2, 0.25) is 0 Å². The van der Waals surface area contributed by atoms with Crippen LogP contribution in [0.3, 0.4) is 0 Å². The van der Waals surface area contributed by atoms with Crippen molar-refractivity contribution in [2.24, 2.45) is 0 Å². The highest BCUT2D eigenvalue weighted by Gasteiger charge is 2.22. The summed E-state index contributed by atoms with van der Waals surface area (Å²) in [6.45, 7) is 5.89. The number of aryl methyl sites for hydroxylation is 2. The predicted molar refractivity (Wildman–Crippen MR) is 104 cm³/mol. The van der Waals surface area contributed by atoms with E-state index in [2.05, 4.69) is 11.4 Å². The number of benzene rings is 2. The number of nitrogens with one attached hydrogen (secondary N) is 1. The molecule has 0 fully saturated rings. The van der Waals surface area contributed by atoms with E-state index in [-0.39, 0.29) is 25.0 Å². The lowest BCUT2D eigenvalue weighted by Crippen LogP contribution is -2.40. The second kappa shape index (κ2) is 8.47. The Balaban J connectivity index is 2.07. The van der Waals surface area contributed by atoms with Crippen LogP contribution in [0.5, 0.6) is 0 Å². The van der Waals surface area contributed by atoms with Crippen molar-refractivity contribution in [3.05, 3.63) is 70.8 Å². The zero-order chi connectivity index (χ0) is 19.3. The Morgan fingerprint density at radius 2 is 1.77 bits per heavy atom. The number of nitrogens with zero attached hydrogens (tertiary/aromatic N) is 1. The summed E-state index contributed by atoms with van der Waals surface area (Å²) in [5, 5.41) is 2.90. The average molecular weight is 375 g/mol. The number of amides is 1. The van der Waals surface area contributed by atoms with E-state index >= 15 is 0 Å². The fraction of sp³-hybridized carbons (Fsp3) is 0.350. The minimum atomic E-state index is -3.50. The number of rotatable bonds is 7. The molecule has 0 saturated carbocycles. The van der Waals surface area contributed by atoms with E-state index in [9.17, 15) is 13.2 Å². The number of carbonyl (C=O) groups is 1. The van der Waals surface area contributed by atoms with Crippen LogP contribution in [-0.2, 0) is 21.4 Å². The van der Waals surface area contributed by atoms with Crippen molar-refractivity contribution in [2.45, 2.75) is 33.4 Å². The van der Waals surface area contributed by atoms with E-state index in [1.165, 1.54) is 4.31 Å². The normalized spacial score (nSPS) is 12.8. The molecule has 1 N–H and O–H groups in total. The number of hydrogen-bond acceptors (Lipinski definition) is 3. The van der Waals surface area contributed by atoms with Crippen molar-refractivity contribution < 1.29 is 13.2 Å². The van der Waals surface area contributed by atoms with Gasteiger partial charge in [-0.3, -0.25) is 4.79 Å². The zero-order valence-electron chi connectivity index (χ0n) is 15.7. The van der Waals surface area contributed by atoms with Gasteiger partial charge in [0, 0.05) is 6.54 Å². The van der Waals surface area contributed by atoms with Crippen molar-refractivity contribution in [2.75, 3.05) is 12.8 Å². The maximum absolute atomic E-state index is 12.4. The van der Waals surface area contributed by atoms with Gasteiger partial charge in [0.1, 0.15) is 0 Å². The maximum atomic E-state index is 12.4. The van der Waals surface area contributed by atoms with Gasteiger partial charge in [0.15, 0.2) is 0 Å². The third kappa shape index (κ3) is 5.68. The van der Waals surface area contributed by atoms with Gasteiger partial charge in [-0.15, -0.1) is 0 Å². The minimum absolute atomic E-state index is 0.172. The van der Waals surface area contributed by atoms with Gasteiger partial charge in [0.2, 0.25) is 15.9 Å². The third-order valence-corrected chi connectivity index (χ3v) is 5.46. The van der Waals surface area contributed by atoms with Gasteiger partial charge >= 0.3 is 0 Å². The highest BCUT2D eigenvalue weighted by Crippen LogP contribution is 2.18. The van der Waals surface area contributed by atoms with Crippen LogP contribution < -0.4 is 5.32 Å². The van der Waals surface area contributed by atoms with Crippen molar-refractivity contribution in [3.63, 3.8) is 0 Å². The topological polar surface area (TPSA) is 66.5 Å².